The molecule has 1 heterocycles. The smallest absolute Gasteiger partial charge is 0.226 e. The van der Waals surface area contributed by atoms with Crippen molar-refractivity contribution in [2.75, 3.05) is 6.54 Å². The van der Waals surface area contributed by atoms with Gasteiger partial charge in [-0.15, -0.1) is 0 Å². The fourth-order valence-electron chi connectivity index (χ4n) is 7.88. The van der Waals surface area contributed by atoms with Crippen molar-refractivity contribution in [1.29, 1.82) is 0 Å². The molecule has 0 spiro atoms. The van der Waals surface area contributed by atoms with Crippen LogP contribution in [0.1, 0.15) is 72.6 Å². The first-order chi connectivity index (χ1) is 12.8. The number of hydrogen-bond donors (Lipinski definition) is 2. The van der Waals surface area contributed by atoms with Crippen molar-refractivity contribution in [2.24, 2.45) is 34.5 Å². The lowest BCUT2D eigenvalue weighted by Crippen LogP contribution is -2.59. The Morgan fingerprint density at radius 2 is 2.04 bits per heavy atom. The summed E-state index contributed by atoms with van der Waals surface area (Å²) in [5.74, 6) is 1.81. The minimum Gasteiger partial charge on any atom is -0.393 e. The third kappa shape index (κ3) is 2.58. The number of hydrogen-bond acceptors (Lipinski definition) is 3. The van der Waals surface area contributed by atoms with Gasteiger partial charge in [0.25, 0.3) is 0 Å². The van der Waals surface area contributed by atoms with Crippen LogP contribution in [0.3, 0.4) is 0 Å². The van der Waals surface area contributed by atoms with Crippen LogP contribution in [0.4, 0.5) is 0 Å². The Balaban J connectivity index is 1.71. The van der Waals surface area contributed by atoms with Gasteiger partial charge >= 0.3 is 0 Å². The molecule has 0 aromatic heterocycles. The summed E-state index contributed by atoms with van der Waals surface area (Å²) in [7, 11) is 0. The molecule has 3 aliphatic carbocycles. The maximum atomic E-state index is 12.4. The van der Waals surface area contributed by atoms with E-state index in [-0.39, 0.29) is 34.9 Å². The molecule has 1 aliphatic heterocycles. The Bertz CT molecular complexity index is 646. The highest BCUT2D eigenvalue weighted by atomic mass is 16.3. The quantitative estimate of drug-likeness (QED) is 0.790. The fraction of sp³-hybridized carbons (Fsp3) is 0.870. The van der Waals surface area contributed by atoms with E-state index in [4.69, 9.17) is 0 Å². The molecule has 0 aromatic rings. The Kier molecular flexibility index (Phi) is 4.74. The van der Waals surface area contributed by atoms with Crippen molar-refractivity contribution in [2.45, 2.75) is 84.8 Å². The summed E-state index contributed by atoms with van der Waals surface area (Å²) < 4.78 is 0. The average Bonchev–Trinajstić information content (AvgIpc) is 2.97. The van der Waals surface area contributed by atoms with E-state index in [0.717, 1.165) is 38.6 Å². The van der Waals surface area contributed by atoms with Gasteiger partial charge in [0.2, 0.25) is 5.91 Å². The first kappa shape index (κ1) is 19.4. The molecular weight excluding hydrogens is 338 g/mol. The van der Waals surface area contributed by atoms with Crippen LogP contribution in [-0.2, 0) is 4.79 Å². The van der Waals surface area contributed by atoms with E-state index in [1.54, 1.807) is 0 Å². The molecule has 4 heteroatoms. The molecule has 8 atom stereocenters. The number of carbonyl (C=O) groups excluding carboxylic acids is 1. The second kappa shape index (κ2) is 6.59. The molecule has 2 N–H and O–H groups in total. The largest absolute Gasteiger partial charge is 0.393 e. The van der Waals surface area contributed by atoms with Gasteiger partial charge in [0.05, 0.1) is 12.2 Å². The van der Waals surface area contributed by atoms with Crippen LogP contribution in [0.25, 0.3) is 0 Å². The molecular formula is C23H37NO3. The van der Waals surface area contributed by atoms with Crippen molar-refractivity contribution in [3.63, 3.8) is 0 Å². The van der Waals surface area contributed by atoms with E-state index in [1.165, 1.54) is 12.1 Å². The number of aliphatic hydroxyl groups excluding tert-OH is 2. The van der Waals surface area contributed by atoms with E-state index in [2.05, 4.69) is 33.8 Å². The summed E-state index contributed by atoms with van der Waals surface area (Å²) in [5.41, 5.74) is 1.11. The molecule has 2 saturated carbocycles. The zero-order valence-electron chi connectivity index (χ0n) is 17.4. The first-order valence-electron chi connectivity index (χ1n) is 11.1. The van der Waals surface area contributed by atoms with Gasteiger partial charge < -0.3 is 15.1 Å². The Morgan fingerprint density at radius 3 is 2.70 bits per heavy atom. The summed E-state index contributed by atoms with van der Waals surface area (Å²) in [4.78, 5) is 14.4. The third-order valence-corrected chi connectivity index (χ3v) is 9.08. The highest BCUT2D eigenvalue weighted by Gasteiger charge is 2.63. The Hall–Kier alpha value is -0.870. The third-order valence-electron chi connectivity index (χ3n) is 9.08. The Labute approximate surface area is 164 Å². The standard InChI is InChI=1S/C23H37NO3/c1-5-17(25)16-9-8-15-14-7-10-19-22(3,12-11-20(27)24(19)6-2)21(14)18(26)13-23(15,16)4/h10,14-18,21,25-26H,5-9,11-13H2,1-4H3/t14?,15?,16-,17?,18+,21?,22+,23+/m1/s1. The molecule has 1 saturated heterocycles. The summed E-state index contributed by atoms with van der Waals surface area (Å²) in [6.45, 7) is 9.47. The molecule has 1 amide bonds. The van der Waals surface area contributed by atoms with Crippen LogP contribution in [0.15, 0.2) is 11.8 Å². The molecule has 4 nitrogen and oxygen atoms in total. The van der Waals surface area contributed by atoms with Gasteiger partial charge in [0.15, 0.2) is 0 Å². The van der Waals surface area contributed by atoms with Crippen molar-refractivity contribution in [1.82, 2.24) is 4.90 Å². The molecule has 4 rings (SSSR count). The zero-order valence-corrected chi connectivity index (χ0v) is 17.4. The predicted octanol–water partition coefficient (Wildman–Crippen LogP) is 3.72. The maximum Gasteiger partial charge on any atom is 0.226 e. The van der Waals surface area contributed by atoms with Crippen LogP contribution in [0.5, 0.6) is 0 Å². The lowest BCUT2D eigenvalue weighted by atomic mass is 9.47. The molecule has 0 bridgehead atoms. The van der Waals surface area contributed by atoms with Crippen LogP contribution >= 0.6 is 0 Å². The van der Waals surface area contributed by atoms with Gasteiger partial charge in [-0.25, -0.2) is 0 Å². The fourth-order valence-corrected chi connectivity index (χ4v) is 7.88. The lowest BCUT2D eigenvalue weighted by Gasteiger charge is -2.60. The molecule has 4 aliphatic rings. The maximum absolute atomic E-state index is 12.4. The Morgan fingerprint density at radius 1 is 1.30 bits per heavy atom. The number of allylic oxidation sites excluding steroid dienone is 2. The van der Waals surface area contributed by atoms with Gasteiger partial charge in [-0.05, 0) is 74.5 Å². The van der Waals surface area contributed by atoms with E-state index in [0.29, 0.717) is 24.2 Å². The summed E-state index contributed by atoms with van der Waals surface area (Å²) in [6, 6.07) is 0. The minimum atomic E-state index is -0.346. The monoisotopic (exact) mass is 375 g/mol. The van der Waals surface area contributed by atoms with Gasteiger partial charge in [0, 0.05) is 24.1 Å². The van der Waals surface area contributed by atoms with Crippen molar-refractivity contribution in [3.8, 4) is 0 Å². The van der Waals surface area contributed by atoms with Crippen molar-refractivity contribution < 1.29 is 15.0 Å². The van der Waals surface area contributed by atoms with E-state index < -0.39 is 0 Å². The lowest BCUT2D eigenvalue weighted by molar-refractivity contribution is -0.151. The molecule has 0 radical (unpaired) electrons. The number of carbonyl (C=O) groups is 1. The van der Waals surface area contributed by atoms with Gasteiger partial charge in [-0.2, -0.15) is 0 Å². The minimum absolute atomic E-state index is 0.0344. The van der Waals surface area contributed by atoms with E-state index in [9.17, 15) is 15.0 Å². The number of fused-ring (bicyclic) bond motifs is 5. The zero-order chi connectivity index (χ0) is 19.6. The number of piperidine rings is 1. The second-order valence-corrected chi connectivity index (χ2v) is 10.1. The first-order valence-corrected chi connectivity index (χ1v) is 11.1. The van der Waals surface area contributed by atoms with Gasteiger partial charge in [-0.3, -0.25) is 4.79 Å². The highest BCUT2D eigenvalue weighted by Crippen LogP contribution is 2.66. The summed E-state index contributed by atoms with van der Waals surface area (Å²) in [6.07, 6.45) is 7.98. The molecule has 4 unspecified atom stereocenters. The SMILES string of the molecule is CCC(O)[C@H]1CCC2C3CC=C4N(CC)C(=O)CC[C@]4(C)C3[C@@H](O)C[C@@]21C. The number of likely N-dealkylation sites (tertiary alicyclic amines) is 1. The topological polar surface area (TPSA) is 60.8 Å². The number of aliphatic hydroxyl groups is 2. The number of amides is 1. The van der Waals surface area contributed by atoms with Crippen LogP contribution in [0.2, 0.25) is 0 Å². The van der Waals surface area contributed by atoms with Crippen molar-refractivity contribution in [3.05, 3.63) is 11.8 Å². The van der Waals surface area contributed by atoms with E-state index in [1.807, 2.05) is 4.90 Å². The molecule has 0 aromatic carbocycles. The van der Waals surface area contributed by atoms with Crippen molar-refractivity contribution >= 4 is 5.91 Å². The number of rotatable bonds is 3. The highest BCUT2D eigenvalue weighted by molar-refractivity contribution is 5.80. The van der Waals surface area contributed by atoms with Crippen LogP contribution in [0, 0.1) is 34.5 Å². The van der Waals surface area contributed by atoms with Crippen LogP contribution < -0.4 is 0 Å². The normalized spacial score (nSPS) is 47.8. The molecule has 27 heavy (non-hydrogen) atoms. The average molecular weight is 376 g/mol. The van der Waals surface area contributed by atoms with Gasteiger partial charge in [-0.1, -0.05) is 26.8 Å². The summed E-state index contributed by atoms with van der Waals surface area (Å²) >= 11 is 0. The van der Waals surface area contributed by atoms with Crippen LogP contribution in [-0.4, -0.2) is 39.8 Å². The van der Waals surface area contributed by atoms with E-state index >= 15 is 0 Å². The molecule has 152 valence electrons. The second-order valence-electron chi connectivity index (χ2n) is 10.1. The summed E-state index contributed by atoms with van der Waals surface area (Å²) in [5, 5.41) is 22.0. The molecule has 3 fully saturated rings. The number of nitrogens with zero attached hydrogens (tertiary/aromatic N) is 1. The van der Waals surface area contributed by atoms with Gasteiger partial charge in [0.1, 0.15) is 0 Å². The predicted molar refractivity (Wildman–Crippen MR) is 106 cm³/mol.